The maximum Gasteiger partial charge on any atom is 0.219 e. The van der Waals surface area contributed by atoms with Gasteiger partial charge in [-0.1, -0.05) is 17.7 Å². The lowest BCUT2D eigenvalue weighted by atomic mass is 10.2. The Morgan fingerprint density at radius 3 is 2.78 bits per heavy atom. The first kappa shape index (κ1) is 13.3. The molecular weight excluding hydrogens is 318 g/mol. The van der Waals surface area contributed by atoms with Gasteiger partial charge in [0.2, 0.25) is 5.88 Å². The number of rotatable bonds is 3. The zero-order chi connectivity index (χ0) is 13.1. The molecule has 0 fully saturated rings. The second-order valence-corrected chi connectivity index (χ2v) is 5.03. The molecular formula is C13H11BrClNO2. The lowest BCUT2D eigenvalue weighted by Crippen LogP contribution is -1.95. The van der Waals surface area contributed by atoms with E-state index in [0.717, 1.165) is 10.0 Å². The molecule has 1 aromatic carbocycles. The van der Waals surface area contributed by atoms with E-state index in [1.807, 2.05) is 25.1 Å². The first-order chi connectivity index (χ1) is 8.60. The number of halogens is 2. The molecule has 5 heteroatoms. The number of benzene rings is 1. The van der Waals surface area contributed by atoms with Gasteiger partial charge < -0.3 is 9.84 Å². The number of ether oxygens (including phenoxy) is 1. The fourth-order valence-corrected chi connectivity index (χ4v) is 2.17. The third-order valence-electron chi connectivity index (χ3n) is 2.34. The molecule has 0 spiro atoms. The van der Waals surface area contributed by atoms with Crippen molar-refractivity contribution in [1.82, 2.24) is 4.98 Å². The van der Waals surface area contributed by atoms with Crippen molar-refractivity contribution >= 4 is 27.5 Å². The third kappa shape index (κ3) is 3.02. The Labute approximate surface area is 119 Å². The lowest BCUT2D eigenvalue weighted by Gasteiger charge is -2.09. The highest BCUT2D eigenvalue weighted by molar-refractivity contribution is 9.10. The summed E-state index contributed by atoms with van der Waals surface area (Å²) in [6.45, 7) is 1.78. The summed E-state index contributed by atoms with van der Waals surface area (Å²) >= 11 is 9.29. The topological polar surface area (TPSA) is 42.4 Å². The number of hydrogen-bond acceptors (Lipinski definition) is 3. The van der Waals surface area contributed by atoms with E-state index in [1.54, 1.807) is 12.1 Å². The van der Waals surface area contributed by atoms with Gasteiger partial charge in [0.25, 0.3) is 0 Å². The van der Waals surface area contributed by atoms with Gasteiger partial charge in [-0.05, 0) is 46.6 Å². The summed E-state index contributed by atoms with van der Waals surface area (Å²) in [5.74, 6) is 1.06. The Morgan fingerprint density at radius 2 is 2.11 bits per heavy atom. The summed E-state index contributed by atoms with van der Waals surface area (Å²) in [6.07, 6.45) is 0. The number of aromatic nitrogens is 1. The van der Waals surface area contributed by atoms with Crippen LogP contribution >= 0.6 is 27.5 Å². The highest BCUT2D eigenvalue weighted by atomic mass is 79.9. The van der Waals surface area contributed by atoms with Crippen molar-refractivity contribution in [3.8, 4) is 11.6 Å². The Kier molecular flexibility index (Phi) is 4.22. The van der Waals surface area contributed by atoms with E-state index >= 15 is 0 Å². The normalized spacial score (nSPS) is 10.4. The number of nitrogens with zero attached hydrogens (tertiary/aromatic N) is 1. The van der Waals surface area contributed by atoms with Crippen molar-refractivity contribution in [1.29, 1.82) is 0 Å². The molecule has 3 nitrogen and oxygen atoms in total. The average Bonchev–Trinajstić information content (AvgIpc) is 2.35. The van der Waals surface area contributed by atoms with Gasteiger partial charge >= 0.3 is 0 Å². The van der Waals surface area contributed by atoms with Crippen molar-refractivity contribution in [3.63, 3.8) is 0 Å². The summed E-state index contributed by atoms with van der Waals surface area (Å²) in [4.78, 5) is 4.12. The third-order valence-corrected chi connectivity index (χ3v) is 3.31. The molecule has 1 aromatic heterocycles. The van der Waals surface area contributed by atoms with Gasteiger partial charge in [0, 0.05) is 6.07 Å². The minimum absolute atomic E-state index is 0.217. The molecule has 0 amide bonds. The molecule has 0 aliphatic heterocycles. The minimum atomic E-state index is -0.217. The second kappa shape index (κ2) is 5.69. The summed E-state index contributed by atoms with van der Waals surface area (Å²) in [5, 5.41) is 9.51. The molecule has 1 heterocycles. The van der Waals surface area contributed by atoms with Crippen molar-refractivity contribution < 1.29 is 9.84 Å². The molecule has 2 rings (SSSR count). The summed E-state index contributed by atoms with van der Waals surface area (Å²) in [7, 11) is 0. The molecule has 0 radical (unpaired) electrons. The molecule has 18 heavy (non-hydrogen) atoms. The Balaban J connectivity index is 2.28. The highest BCUT2D eigenvalue weighted by Crippen LogP contribution is 2.30. The lowest BCUT2D eigenvalue weighted by molar-refractivity contribution is 0.275. The first-order valence-electron chi connectivity index (χ1n) is 5.30. The van der Waals surface area contributed by atoms with E-state index in [1.165, 1.54) is 0 Å². The molecule has 1 N–H and O–H groups in total. The highest BCUT2D eigenvalue weighted by Gasteiger charge is 2.07. The summed E-state index contributed by atoms with van der Waals surface area (Å²) < 4.78 is 6.49. The predicted octanol–water partition coefficient (Wildman–Crippen LogP) is 4.09. The number of aliphatic hydroxyl groups excluding tert-OH is 1. The van der Waals surface area contributed by atoms with Gasteiger partial charge in [-0.3, -0.25) is 0 Å². The van der Waals surface area contributed by atoms with Crippen LogP contribution in [0.4, 0.5) is 0 Å². The molecule has 0 bridgehead atoms. The van der Waals surface area contributed by atoms with Crippen LogP contribution in [0.5, 0.6) is 11.6 Å². The Hall–Kier alpha value is -1.10. The maximum atomic E-state index is 9.09. The number of pyridine rings is 1. The Morgan fingerprint density at radius 1 is 1.33 bits per heavy atom. The van der Waals surface area contributed by atoms with Gasteiger partial charge in [0.05, 0.1) is 21.8 Å². The van der Waals surface area contributed by atoms with Gasteiger partial charge in [-0.25, -0.2) is 4.98 Å². The zero-order valence-electron chi connectivity index (χ0n) is 9.65. The van der Waals surface area contributed by atoms with Crippen LogP contribution in [0.3, 0.4) is 0 Å². The van der Waals surface area contributed by atoms with Crippen LogP contribution in [0.2, 0.25) is 5.02 Å². The standard InChI is InChI=1S/C13H11BrClNO2/c1-8-2-4-12(9(14)6-8)18-13-5-3-10(15)11(7-17)16-13/h2-6,17H,7H2,1H3. The van der Waals surface area contributed by atoms with Crippen LogP contribution < -0.4 is 4.74 Å². The van der Waals surface area contributed by atoms with Crippen molar-refractivity contribution in [2.75, 3.05) is 0 Å². The van der Waals surface area contributed by atoms with Gasteiger partial charge in [-0.15, -0.1) is 0 Å². The number of hydrogen-bond donors (Lipinski definition) is 1. The van der Waals surface area contributed by atoms with Crippen LogP contribution in [0.15, 0.2) is 34.8 Å². The number of aryl methyl sites for hydroxylation is 1. The predicted molar refractivity (Wildman–Crippen MR) is 74.1 cm³/mol. The van der Waals surface area contributed by atoms with E-state index in [2.05, 4.69) is 20.9 Å². The quantitative estimate of drug-likeness (QED) is 0.922. The maximum absolute atomic E-state index is 9.09. The van der Waals surface area contributed by atoms with Crippen LogP contribution in [0.1, 0.15) is 11.3 Å². The molecule has 0 unspecified atom stereocenters. The monoisotopic (exact) mass is 327 g/mol. The van der Waals surface area contributed by atoms with Crippen LogP contribution in [0.25, 0.3) is 0 Å². The average molecular weight is 329 g/mol. The molecule has 94 valence electrons. The minimum Gasteiger partial charge on any atom is -0.438 e. The molecule has 0 aliphatic carbocycles. The molecule has 2 aromatic rings. The van der Waals surface area contributed by atoms with Crippen LogP contribution in [-0.4, -0.2) is 10.1 Å². The Bertz CT molecular complexity index is 575. The first-order valence-corrected chi connectivity index (χ1v) is 6.47. The largest absolute Gasteiger partial charge is 0.438 e. The van der Waals surface area contributed by atoms with Gasteiger partial charge in [0.15, 0.2) is 0 Å². The van der Waals surface area contributed by atoms with Gasteiger partial charge in [-0.2, -0.15) is 0 Å². The SMILES string of the molecule is Cc1ccc(Oc2ccc(Cl)c(CO)n2)c(Br)c1. The van der Waals surface area contributed by atoms with E-state index in [-0.39, 0.29) is 6.61 Å². The van der Waals surface area contributed by atoms with Crippen molar-refractivity contribution in [2.24, 2.45) is 0 Å². The van der Waals surface area contributed by atoms with E-state index < -0.39 is 0 Å². The summed E-state index contributed by atoms with van der Waals surface area (Å²) in [6, 6.07) is 9.07. The molecule has 0 atom stereocenters. The summed E-state index contributed by atoms with van der Waals surface area (Å²) in [5.41, 5.74) is 1.53. The smallest absolute Gasteiger partial charge is 0.219 e. The van der Waals surface area contributed by atoms with Gasteiger partial charge in [0.1, 0.15) is 5.75 Å². The fraction of sp³-hybridized carbons (Fsp3) is 0.154. The van der Waals surface area contributed by atoms with Crippen LogP contribution in [0, 0.1) is 6.92 Å². The van der Waals surface area contributed by atoms with Crippen molar-refractivity contribution in [2.45, 2.75) is 13.5 Å². The molecule has 0 saturated carbocycles. The van der Waals surface area contributed by atoms with E-state index in [0.29, 0.717) is 22.3 Å². The molecule has 0 aliphatic rings. The molecule has 0 saturated heterocycles. The number of aliphatic hydroxyl groups is 1. The zero-order valence-corrected chi connectivity index (χ0v) is 12.0. The van der Waals surface area contributed by atoms with Crippen LogP contribution in [-0.2, 0) is 6.61 Å². The van der Waals surface area contributed by atoms with E-state index in [9.17, 15) is 0 Å². The second-order valence-electron chi connectivity index (χ2n) is 3.77. The fourth-order valence-electron chi connectivity index (χ4n) is 1.43. The van der Waals surface area contributed by atoms with E-state index in [4.69, 9.17) is 21.4 Å². The van der Waals surface area contributed by atoms with Crippen molar-refractivity contribution in [3.05, 3.63) is 51.1 Å².